The Morgan fingerprint density at radius 3 is 2.50 bits per heavy atom. The predicted octanol–water partition coefficient (Wildman–Crippen LogP) is 3.58. The Morgan fingerprint density at radius 1 is 1.42 bits per heavy atom. The third kappa shape index (κ3) is 4.12. The molecule has 0 aromatic carbocycles. The van der Waals surface area contributed by atoms with Gasteiger partial charge in [0.1, 0.15) is 0 Å². The standard InChI is InChI=1S/C11H19N/c1-5-8-9-11(12-7-3)10(4)6-2/h5,7-10H,6H2,1-4H3/b8-5-,11-9-,12-7?. The molecule has 1 atom stereocenters. The van der Waals surface area contributed by atoms with Crippen LogP contribution < -0.4 is 0 Å². The van der Waals surface area contributed by atoms with Crippen molar-refractivity contribution in [3.8, 4) is 0 Å². The van der Waals surface area contributed by atoms with Crippen molar-refractivity contribution in [1.29, 1.82) is 0 Å². The average molecular weight is 165 g/mol. The second-order valence-electron chi connectivity index (χ2n) is 2.81. The minimum absolute atomic E-state index is 0.553. The number of nitrogens with zero attached hydrogens (tertiary/aromatic N) is 1. The molecule has 0 amide bonds. The normalized spacial score (nSPS) is 16.2. The second kappa shape index (κ2) is 6.84. The molecule has 68 valence electrons. The summed E-state index contributed by atoms with van der Waals surface area (Å²) in [6.07, 6.45) is 9.12. The highest BCUT2D eigenvalue weighted by atomic mass is 14.7. The summed E-state index contributed by atoms with van der Waals surface area (Å²) in [7, 11) is 0. The van der Waals surface area contributed by atoms with E-state index in [0.717, 1.165) is 12.1 Å². The van der Waals surface area contributed by atoms with Crippen molar-refractivity contribution in [2.75, 3.05) is 0 Å². The van der Waals surface area contributed by atoms with Gasteiger partial charge in [-0.25, -0.2) is 0 Å². The molecule has 0 aliphatic rings. The molecule has 0 bridgehead atoms. The van der Waals surface area contributed by atoms with Crippen molar-refractivity contribution in [1.82, 2.24) is 0 Å². The zero-order valence-corrected chi connectivity index (χ0v) is 8.54. The molecule has 1 unspecified atom stereocenters. The molecule has 0 aromatic rings. The van der Waals surface area contributed by atoms with E-state index in [9.17, 15) is 0 Å². The number of aliphatic imine (C=N–C) groups is 1. The van der Waals surface area contributed by atoms with Crippen LogP contribution in [-0.2, 0) is 0 Å². The third-order valence-corrected chi connectivity index (χ3v) is 1.85. The fourth-order valence-electron chi connectivity index (χ4n) is 0.888. The van der Waals surface area contributed by atoms with Crippen molar-refractivity contribution in [3.05, 3.63) is 23.9 Å². The molecule has 0 heterocycles. The van der Waals surface area contributed by atoms with E-state index in [1.807, 2.05) is 32.2 Å². The van der Waals surface area contributed by atoms with Crippen molar-refractivity contribution in [2.24, 2.45) is 10.9 Å². The minimum atomic E-state index is 0.553. The Balaban J connectivity index is 4.41. The molecule has 0 radical (unpaired) electrons. The Kier molecular flexibility index (Phi) is 6.35. The maximum atomic E-state index is 4.32. The van der Waals surface area contributed by atoms with E-state index >= 15 is 0 Å². The van der Waals surface area contributed by atoms with Gasteiger partial charge in [-0.05, 0) is 32.3 Å². The van der Waals surface area contributed by atoms with Crippen molar-refractivity contribution < 1.29 is 0 Å². The van der Waals surface area contributed by atoms with Gasteiger partial charge in [0.2, 0.25) is 0 Å². The lowest BCUT2D eigenvalue weighted by Gasteiger charge is -2.07. The monoisotopic (exact) mass is 165 g/mol. The SMILES string of the molecule is CC=N/C(=C\C=C/C)C(C)CC. The van der Waals surface area contributed by atoms with Crippen LogP contribution in [0.2, 0.25) is 0 Å². The summed E-state index contributed by atoms with van der Waals surface area (Å²) in [4.78, 5) is 4.32. The Morgan fingerprint density at radius 2 is 2.08 bits per heavy atom. The first-order valence-corrected chi connectivity index (χ1v) is 4.57. The molecule has 0 N–H and O–H groups in total. The molecule has 0 saturated carbocycles. The van der Waals surface area contributed by atoms with Crippen LogP contribution in [0, 0.1) is 5.92 Å². The van der Waals surface area contributed by atoms with Gasteiger partial charge in [0.05, 0.1) is 0 Å². The lowest BCUT2D eigenvalue weighted by atomic mass is 10.1. The van der Waals surface area contributed by atoms with E-state index < -0.39 is 0 Å². The van der Waals surface area contributed by atoms with Crippen LogP contribution in [0.3, 0.4) is 0 Å². The molecule has 0 spiro atoms. The number of rotatable bonds is 4. The maximum Gasteiger partial charge on any atom is 0.0427 e. The zero-order chi connectivity index (χ0) is 9.40. The topological polar surface area (TPSA) is 12.4 Å². The highest BCUT2D eigenvalue weighted by Gasteiger charge is 2.02. The van der Waals surface area contributed by atoms with Gasteiger partial charge >= 0.3 is 0 Å². The molecule has 1 heteroatoms. The van der Waals surface area contributed by atoms with Gasteiger partial charge in [-0.3, -0.25) is 4.99 Å². The first-order chi connectivity index (χ1) is 5.76. The Bertz CT molecular complexity index is 187. The summed E-state index contributed by atoms with van der Waals surface area (Å²) < 4.78 is 0. The van der Waals surface area contributed by atoms with Gasteiger partial charge in [-0.15, -0.1) is 0 Å². The predicted molar refractivity (Wildman–Crippen MR) is 56.5 cm³/mol. The highest BCUT2D eigenvalue weighted by Crippen LogP contribution is 2.14. The van der Waals surface area contributed by atoms with E-state index in [0.29, 0.717) is 5.92 Å². The molecule has 0 fully saturated rings. The van der Waals surface area contributed by atoms with Crippen molar-refractivity contribution in [3.63, 3.8) is 0 Å². The van der Waals surface area contributed by atoms with E-state index in [1.54, 1.807) is 0 Å². The maximum absolute atomic E-state index is 4.32. The van der Waals surface area contributed by atoms with Gasteiger partial charge in [0.25, 0.3) is 0 Å². The first kappa shape index (κ1) is 11.2. The van der Waals surface area contributed by atoms with Gasteiger partial charge in [-0.1, -0.05) is 26.0 Å². The molecule has 1 nitrogen and oxygen atoms in total. The molecule has 0 saturated heterocycles. The van der Waals surface area contributed by atoms with Gasteiger partial charge in [0, 0.05) is 11.9 Å². The Labute approximate surface area is 75.9 Å². The fourth-order valence-corrected chi connectivity index (χ4v) is 0.888. The van der Waals surface area contributed by atoms with Crippen LogP contribution in [0.1, 0.15) is 34.1 Å². The molecule has 12 heavy (non-hydrogen) atoms. The lowest BCUT2D eigenvalue weighted by molar-refractivity contribution is 0.649. The number of hydrogen-bond acceptors (Lipinski definition) is 1. The second-order valence-corrected chi connectivity index (χ2v) is 2.81. The van der Waals surface area contributed by atoms with Crippen LogP contribution in [-0.4, -0.2) is 6.21 Å². The number of allylic oxidation sites excluding steroid dienone is 4. The van der Waals surface area contributed by atoms with Gasteiger partial charge < -0.3 is 0 Å². The average Bonchev–Trinajstić information content (AvgIpc) is 2.11. The molecular weight excluding hydrogens is 146 g/mol. The summed E-state index contributed by atoms with van der Waals surface area (Å²) in [5, 5.41) is 0. The van der Waals surface area contributed by atoms with E-state index in [-0.39, 0.29) is 0 Å². The largest absolute Gasteiger partial charge is 0.266 e. The molecular formula is C11H19N. The third-order valence-electron chi connectivity index (χ3n) is 1.85. The van der Waals surface area contributed by atoms with E-state index in [2.05, 4.69) is 24.9 Å². The van der Waals surface area contributed by atoms with Crippen LogP contribution >= 0.6 is 0 Å². The molecule has 0 aliphatic carbocycles. The van der Waals surface area contributed by atoms with Crippen LogP contribution in [0.15, 0.2) is 28.9 Å². The lowest BCUT2D eigenvalue weighted by Crippen LogP contribution is -1.94. The number of hydrogen-bond donors (Lipinski definition) is 0. The van der Waals surface area contributed by atoms with Crippen molar-refractivity contribution >= 4 is 6.21 Å². The summed E-state index contributed by atoms with van der Waals surface area (Å²) in [6, 6.07) is 0. The quantitative estimate of drug-likeness (QED) is 0.446. The summed E-state index contributed by atoms with van der Waals surface area (Å²) >= 11 is 0. The zero-order valence-electron chi connectivity index (χ0n) is 8.54. The fraction of sp³-hybridized carbons (Fsp3) is 0.545. The Hall–Kier alpha value is -0.850. The van der Waals surface area contributed by atoms with E-state index in [4.69, 9.17) is 0 Å². The minimum Gasteiger partial charge on any atom is -0.266 e. The van der Waals surface area contributed by atoms with Crippen LogP contribution in [0.25, 0.3) is 0 Å². The molecule has 0 aliphatic heterocycles. The molecule has 0 rings (SSSR count). The van der Waals surface area contributed by atoms with Crippen molar-refractivity contribution in [2.45, 2.75) is 34.1 Å². The van der Waals surface area contributed by atoms with Gasteiger partial charge in [0.15, 0.2) is 0 Å². The molecule has 0 aromatic heterocycles. The smallest absolute Gasteiger partial charge is 0.0427 e. The summed E-state index contributed by atoms with van der Waals surface area (Å²) in [5.41, 5.74) is 1.16. The van der Waals surface area contributed by atoms with Crippen LogP contribution in [0.5, 0.6) is 0 Å². The summed E-state index contributed by atoms with van der Waals surface area (Å²) in [5.74, 6) is 0.553. The van der Waals surface area contributed by atoms with Gasteiger partial charge in [-0.2, -0.15) is 0 Å². The summed E-state index contributed by atoms with van der Waals surface area (Å²) in [6.45, 7) is 8.34. The first-order valence-electron chi connectivity index (χ1n) is 4.57. The highest BCUT2D eigenvalue weighted by molar-refractivity contribution is 5.55. The van der Waals surface area contributed by atoms with Crippen LogP contribution in [0.4, 0.5) is 0 Å². The van der Waals surface area contributed by atoms with E-state index in [1.165, 1.54) is 0 Å².